The molecule has 1 aromatic rings. The van der Waals surface area contributed by atoms with Crippen molar-refractivity contribution in [3.05, 3.63) is 26.2 Å². The number of carbonyl (C=O) groups excluding carboxylic acids is 1. The van der Waals surface area contributed by atoms with Crippen LogP contribution in [0.1, 0.15) is 0 Å². The number of amides is 2. The van der Waals surface area contributed by atoms with Crippen LogP contribution in [0.25, 0.3) is 0 Å². The molecule has 1 rings (SSSR count). The molecule has 0 spiro atoms. The Kier molecular flexibility index (Phi) is 6.52. The molecule has 0 bridgehead atoms. The highest BCUT2D eigenvalue weighted by molar-refractivity contribution is 14.1. The number of methoxy groups -OCH3 is 1. The Hall–Kier alpha value is -0.870. The lowest BCUT2D eigenvalue weighted by Crippen LogP contribution is -2.45. The van der Waals surface area contributed by atoms with Gasteiger partial charge < -0.3 is 20.5 Å². The first kappa shape index (κ1) is 16.2. The largest absolute Gasteiger partial charge is 0.480 e. The lowest BCUT2D eigenvalue weighted by Gasteiger charge is -2.15. The molecular weight excluding hydrogens is 431 g/mol. The van der Waals surface area contributed by atoms with E-state index >= 15 is 0 Å². The molecule has 0 aliphatic rings. The van der Waals surface area contributed by atoms with E-state index < -0.39 is 18.0 Å². The van der Waals surface area contributed by atoms with Gasteiger partial charge in [0.25, 0.3) is 0 Å². The van der Waals surface area contributed by atoms with E-state index in [0.717, 1.165) is 8.04 Å². The summed E-state index contributed by atoms with van der Waals surface area (Å²) in [5, 5.41) is 13.8. The van der Waals surface area contributed by atoms with Gasteiger partial charge in [-0.05, 0) is 40.8 Å². The van der Waals surface area contributed by atoms with Crippen LogP contribution in [0.5, 0.6) is 0 Å². The summed E-state index contributed by atoms with van der Waals surface area (Å²) in [7, 11) is 1.37. The maximum Gasteiger partial charge on any atom is 0.328 e. The van der Waals surface area contributed by atoms with Crippen LogP contribution in [0.15, 0.2) is 22.7 Å². The van der Waals surface area contributed by atoms with E-state index in [9.17, 15) is 9.59 Å². The first-order valence-electron chi connectivity index (χ1n) is 5.18. The summed E-state index contributed by atoms with van der Waals surface area (Å²) in [6, 6.07) is 3.71. The molecular formula is C11H12BrIN2O4. The minimum Gasteiger partial charge on any atom is -0.480 e. The second-order valence-corrected chi connectivity index (χ2v) is 5.65. The summed E-state index contributed by atoms with van der Waals surface area (Å²) in [6.07, 6.45) is 0. The number of hydrogen-bond donors (Lipinski definition) is 3. The molecule has 0 saturated heterocycles. The third kappa shape index (κ3) is 5.33. The van der Waals surface area contributed by atoms with Crippen LogP contribution in [0.3, 0.4) is 0 Å². The van der Waals surface area contributed by atoms with Crippen LogP contribution in [-0.2, 0) is 9.53 Å². The number of urea groups is 1. The number of carbonyl (C=O) groups is 2. The van der Waals surface area contributed by atoms with Crippen molar-refractivity contribution in [2.75, 3.05) is 19.0 Å². The van der Waals surface area contributed by atoms with Crippen molar-refractivity contribution >= 4 is 56.2 Å². The van der Waals surface area contributed by atoms with Gasteiger partial charge in [0.05, 0.1) is 12.3 Å². The molecule has 1 atom stereocenters. The molecule has 19 heavy (non-hydrogen) atoms. The molecule has 0 aliphatic heterocycles. The molecule has 2 amide bonds. The van der Waals surface area contributed by atoms with E-state index in [2.05, 4.69) is 49.2 Å². The number of halogens is 2. The third-order valence-corrected chi connectivity index (χ3v) is 3.55. The highest BCUT2D eigenvalue weighted by Crippen LogP contribution is 2.22. The molecule has 1 unspecified atom stereocenters. The van der Waals surface area contributed by atoms with E-state index in [4.69, 9.17) is 9.84 Å². The zero-order valence-corrected chi connectivity index (χ0v) is 13.7. The van der Waals surface area contributed by atoms with Crippen molar-refractivity contribution in [2.45, 2.75) is 6.04 Å². The fourth-order valence-corrected chi connectivity index (χ4v) is 2.08. The number of anilines is 1. The molecule has 0 aromatic heterocycles. The highest BCUT2D eigenvalue weighted by Gasteiger charge is 2.19. The standard InChI is InChI=1S/C11H12BrIN2O4/c1-19-5-9(10(16)17)15-11(18)14-8-4-6(12)2-3-7(8)13/h2-4,9H,5H2,1H3,(H,16,17)(H2,14,15,18). The van der Waals surface area contributed by atoms with E-state index in [1.54, 1.807) is 6.07 Å². The topological polar surface area (TPSA) is 87.7 Å². The SMILES string of the molecule is COCC(NC(=O)Nc1cc(Br)ccc1I)C(=O)O. The van der Waals surface area contributed by atoms with Gasteiger partial charge in [0, 0.05) is 15.2 Å². The Bertz CT molecular complexity index is 484. The summed E-state index contributed by atoms with van der Waals surface area (Å²) in [6.45, 7) is -0.0989. The first-order valence-corrected chi connectivity index (χ1v) is 7.05. The van der Waals surface area contributed by atoms with E-state index in [0.29, 0.717) is 5.69 Å². The summed E-state index contributed by atoms with van der Waals surface area (Å²) in [4.78, 5) is 22.6. The summed E-state index contributed by atoms with van der Waals surface area (Å²) in [5.74, 6) is -1.15. The second kappa shape index (κ2) is 7.65. The van der Waals surface area contributed by atoms with Crippen LogP contribution < -0.4 is 10.6 Å². The average Bonchev–Trinajstić information content (AvgIpc) is 2.33. The fourth-order valence-electron chi connectivity index (χ4n) is 1.25. The van der Waals surface area contributed by atoms with Gasteiger partial charge in [-0.1, -0.05) is 15.9 Å². The van der Waals surface area contributed by atoms with Crippen molar-refractivity contribution in [1.29, 1.82) is 0 Å². The van der Waals surface area contributed by atoms with E-state index in [-0.39, 0.29) is 6.61 Å². The molecule has 8 heteroatoms. The molecule has 0 aliphatic carbocycles. The van der Waals surface area contributed by atoms with Crippen LogP contribution in [-0.4, -0.2) is 36.9 Å². The zero-order chi connectivity index (χ0) is 14.4. The van der Waals surface area contributed by atoms with Gasteiger partial charge in [-0.25, -0.2) is 9.59 Å². The number of rotatable bonds is 5. The number of nitrogens with one attached hydrogen (secondary N) is 2. The Morgan fingerprint density at radius 2 is 2.21 bits per heavy atom. The van der Waals surface area contributed by atoms with E-state index in [1.165, 1.54) is 7.11 Å². The number of ether oxygens (including phenoxy) is 1. The molecule has 0 fully saturated rings. The third-order valence-electron chi connectivity index (χ3n) is 2.11. The number of aliphatic carboxylic acids is 1. The first-order chi connectivity index (χ1) is 8.93. The predicted octanol–water partition coefficient (Wildman–Crippen LogP) is 2.27. The Morgan fingerprint density at radius 3 is 2.79 bits per heavy atom. The summed E-state index contributed by atoms with van der Waals surface area (Å²) < 4.78 is 6.38. The van der Waals surface area contributed by atoms with Crippen molar-refractivity contribution in [2.24, 2.45) is 0 Å². The summed E-state index contributed by atoms with van der Waals surface area (Å²) >= 11 is 5.37. The van der Waals surface area contributed by atoms with Crippen molar-refractivity contribution < 1.29 is 19.4 Å². The fraction of sp³-hybridized carbons (Fsp3) is 0.273. The van der Waals surface area contributed by atoms with Crippen molar-refractivity contribution in [3.63, 3.8) is 0 Å². The molecule has 3 N–H and O–H groups in total. The lowest BCUT2D eigenvalue weighted by atomic mass is 10.3. The highest BCUT2D eigenvalue weighted by atomic mass is 127. The number of carboxylic acid groups (broad SMARTS) is 1. The zero-order valence-electron chi connectivity index (χ0n) is 9.94. The van der Waals surface area contributed by atoms with Crippen LogP contribution in [0.2, 0.25) is 0 Å². The van der Waals surface area contributed by atoms with Crippen LogP contribution >= 0.6 is 38.5 Å². The number of carboxylic acids is 1. The molecule has 0 radical (unpaired) electrons. The van der Waals surface area contributed by atoms with Gasteiger partial charge in [-0.15, -0.1) is 0 Å². The average molecular weight is 443 g/mol. The Balaban J connectivity index is 2.68. The van der Waals surface area contributed by atoms with Gasteiger partial charge in [0.2, 0.25) is 0 Å². The monoisotopic (exact) mass is 442 g/mol. The van der Waals surface area contributed by atoms with Gasteiger partial charge >= 0.3 is 12.0 Å². The quantitative estimate of drug-likeness (QED) is 0.610. The van der Waals surface area contributed by atoms with Gasteiger partial charge in [-0.2, -0.15) is 0 Å². The lowest BCUT2D eigenvalue weighted by molar-refractivity contribution is -0.140. The van der Waals surface area contributed by atoms with Crippen molar-refractivity contribution in [1.82, 2.24) is 5.32 Å². The maximum atomic E-state index is 11.7. The molecule has 0 saturated carbocycles. The maximum absolute atomic E-state index is 11.7. The van der Waals surface area contributed by atoms with E-state index in [1.807, 2.05) is 12.1 Å². The molecule has 6 nitrogen and oxygen atoms in total. The van der Waals surface area contributed by atoms with Crippen LogP contribution in [0.4, 0.5) is 10.5 Å². The Labute approximate surface area is 132 Å². The second-order valence-electron chi connectivity index (χ2n) is 3.57. The molecule has 1 aromatic carbocycles. The number of hydrogen-bond acceptors (Lipinski definition) is 3. The normalized spacial score (nSPS) is 11.7. The van der Waals surface area contributed by atoms with Crippen LogP contribution in [0, 0.1) is 3.57 Å². The predicted molar refractivity (Wildman–Crippen MR) is 82.3 cm³/mol. The minimum absolute atomic E-state index is 0.0989. The molecule has 0 heterocycles. The van der Waals surface area contributed by atoms with Gasteiger partial charge in [0.1, 0.15) is 0 Å². The summed E-state index contributed by atoms with van der Waals surface area (Å²) in [5.41, 5.74) is 0.592. The Morgan fingerprint density at radius 1 is 1.53 bits per heavy atom. The van der Waals surface area contributed by atoms with Gasteiger partial charge in [-0.3, -0.25) is 0 Å². The van der Waals surface area contributed by atoms with Gasteiger partial charge in [0.15, 0.2) is 6.04 Å². The molecule has 104 valence electrons. The number of benzene rings is 1. The van der Waals surface area contributed by atoms with Crippen molar-refractivity contribution in [3.8, 4) is 0 Å². The minimum atomic E-state index is -1.15. The smallest absolute Gasteiger partial charge is 0.328 e.